The summed E-state index contributed by atoms with van der Waals surface area (Å²) in [5.74, 6) is -2.08. The molecule has 2 aromatic carbocycles. The largest absolute Gasteiger partial charge is 0.478 e. The molecule has 3 rings (SSSR count). The number of carbonyl (C=O) groups is 4. The number of carboxylic acids is 1. The lowest BCUT2D eigenvalue weighted by Crippen LogP contribution is -2.36. The average molecular weight is 396 g/mol. The predicted molar refractivity (Wildman–Crippen MR) is 106 cm³/mol. The van der Waals surface area contributed by atoms with E-state index in [2.05, 4.69) is 5.32 Å². The van der Waals surface area contributed by atoms with Crippen LogP contribution in [0.15, 0.2) is 53.4 Å². The van der Waals surface area contributed by atoms with Gasteiger partial charge in [0, 0.05) is 5.69 Å². The topological polar surface area (TPSA) is 104 Å². The van der Waals surface area contributed by atoms with Crippen LogP contribution in [0.25, 0.3) is 6.08 Å². The lowest BCUT2D eigenvalue weighted by molar-refractivity contribution is -0.127. The standard InChI is InChI=1S/C20H16N2O5S/c1-12-3-2-4-15(9-12)21-17(23)11-22-18(24)16(28-20(22)27)10-13-5-7-14(8-6-13)19(25)26/h2-10H,11H2,1H3,(H,21,23)(H,25,26)/b16-10+. The molecule has 8 heteroatoms. The van der Waals surface area contributed by atoms with Gasteiger partial charge in [0.15, 0.2) is 0 Å². The number of aromatic carboxylic acids is 1. The highest BCUT2D eigenvalue weighted by Crippen LogP contribution is 2.32. The Hall–Kier alpha value is -3.39. The first-order valence-corrected chi connectivity index (χ1v) is 9.10. The van der Waals surface area contributed by atoms with Crippen LogP contribution in [0.3, 0.4) is 0 Å². The van der Waals surface area contributed by atoms with Crippen molar-refractivity contribution in [3.8, 4) is 0 Å². The van der Waals surface area contributed by atoms with Crippen LogP contribution >= 0.6 is 11.8 Å². The number of amides is 3. The first-order valence-electron chi connectivity index (χ1n) is 8.29. The zero-order valence-electron chi connectivity index (χ0n) is 14.8. The van der Waals surface area contributed by atoms with Gasteiger partial charge in [-0.25, -0.2) is 4.79 Å². The first kappa shape index (κ1) is 19.4. The SMILES string of the molecule is Cc1cccc(NC(=O)CN2C(=O)S/C(=C/c3ccc(C(=O)O)cc3)C2=O)c1. The van der Waals surface area contributed by atoms with Crippen LogP contribution in [-0.2, 0) is 9.59 Å². The molecule has 0 unspecified atom stereocenters. The summed E-state index contributed by atoms with van der Waals surface area (Å²) < 4.78 is 0. The van der Waals surface area contributed by atoms with Crippen LogP contribution in [0.2, 0.25) is 0 Å². The van der Waals surface area contributed by atoms with Crippen LogP contribution in [0.4, 0.5) is 10.5 Å². The fraction of sp³-hybridized carbons (Fsp3) is 0.100. The first-order chi connectivity index (χ1) is 13.3. The molecule has 1 fully saturated rings. The van der Waals surface area contributed by atoms with E-state index in [1.54, 1.807) is 30.3 Å². The normalized spacial score (nSPS) is 15.2. The minimum Gasteiger partial charge on any atom is -0.478 e. The molecule has 0 saturated carbocycles. The van der Waals surface area contributed by atoms with Crippen LogP contribution in [0, 0.1) is 6.92 Å². The molecule has 0 spiro atoms. The number of rotatable bonds is 5. The van der Waals surface area contributed by atoms with E-state index in [0.717, 1.165) is 22.2 Å². The third kappa shape index (κ3) is 4.47. The molecular weight excluding hydrogens is 380 g/mol. The quantitative estimate of drug-likeness (QED) is 0.751. The third-order valence-electron chi connectivity index (χ3n) is 3.93. The van der Waals surface area contributed by atoms with Crippen molar-refractivity contribution >= 4 is 46.5 Å². The molecule has 1 aliphatic rings. The molecule has 1 saturated heterocycles. The zero-order valence-corrected chi connectivity index (χ0v) is 15.7. The Morgan fingerprint density at radius 2 is 1.86 bits per heavy atom. The summed E-state index contributed by atoms with van der Waals surface area (Å²) in [5.41, 5.74) is 2.27. The monoisotopic (exact) mass is 396 g/mol. The molecular formula is C20H16N2O5S. The fourth-order valence-electron chi connectivity index (χ4n) is 2.58. The van der Waals surface area contributed by atoms with Gasteiger partial charge in [0.25, 0.3) is 11.1 Å². The highest BCUT2D eigenvalue weighted by atomic mass is 32.2. The number of nitrogens with one attached hydrogen (secondary N) is 1. The molecule has 0 bridgehead atoms. The highest BCUT2D eigenvalue weighted by Gasteiger charge is 2.36. The molecule has 7 nitrogen and oxygen atoms in total. The number of aryl methyl sites for hydroxylation is 1. The van der Waals surface area contributed by atoms with Gasteiger partial charge in [-0.1, -0.05) is 24.3 Å². The van der Waals surface area contributed by atoms with E-state index in [0.29, 0.717) is 11.3 Å². The van der Waals surface area contributed by atoms with Crippen LogP contribution in [0.1, 0.15) is 21.5 Å². The van der Waals surface area contributed by atoms with Crippen molar-refractivity contribution in [3.63, 3.8) is 0 Å². The Balaban J connectivity index is 1.69. The van der Waals surface area contributed by atoms with E-state index >= 15 is 0 Å². The average Bonchev–Trinajstić information content (AvgIpc) is 2.89. The molecule has 2 aromatic rings. The number of hydrogen-bond acceptors (Lipinski definition) is 5. The van der Waals surface area contributed by atoms with Gasteiger partial charge < -0.3 is 10.4 Å². The maximum absolute atomic E-state index is 12.5. The van der Waals surface area contributed by atoms with Gasteiger partial charge in [0.05, 0.1) is 10.5 Å². The second-order valence-electron chi connectivity index (χ2n) is 6.11. The second-order valence-corrected chi connectivity index (χ2v) is 7.11. The number of carbonyl (C=O) groups excluding carboxylic acids is 3. The van der Waals surface area contributed by atoms with Gasteiger partial charge in [0.1, 0.15) is 6.54 Å². The molecule has 0 aliphatic carbocycles. The van der Waals surface area contributed by atoms with E-state index < -0.39 is 23.0 Å². The fourth-order valence-corrected chi connectivity index (χ4v) is 3.41. The van der Waals surface area contributed by atoms with E-state index in [1.807, 2.05) is 13.0 Å². The van der Waals surface area contributed by atoms with E-state index in [1.165, 1.54) is 18.2 Å². The van der Waals surface area contributed by atoms with Crippen molar-refractivity contribution in [1.82, 2.24) is 4.90 Å². The summed E-state index contributed by atoms with van der Waals surface area (Å²) in [4.78, 5) is 48.8. The van der Waals surface area contributed by atoms with E-state index in [9.17, 15) is 19.2 Å². The molecule has 3 amide bonds. The number of imide groups is 1. The van der Waals surface area contributed by atoms with Gasteiger partial charge in [-0.2, -0.15) is 0 Å². The molecule has 1 aliphatic heterocycles. The number of hydrogen-bond donors (Lipinski definition) is 2. The van der Waals surface area contributed by atoms with Crippen molar-refractivity contribution < 1.29 is 24.3 Å². The summed E-state index contributed by atoms with van der Waals surface area (Å²) >= 11 is 0.740. The summed E-state index contributed by atoms with van der Waals surface area (Å²) in [6.45, 7) is 1.51. The summed E-state index contributed by atoms with van der Waals surface area (Å²) in [5, 5.41) is 11.0. The minimum atomic E-state index is -1.05. The van der Waals surface area contributed by atoms with E-state index in [4.69, 9.17) is 5.11 Å². The molecule has 0 radical (unpaired) electrons. The number of thioether (sulfide) groups is 1. The number of carboxylic acid groups (broad SMARTS) is 1. The molecule has 142 valence electrons. The predicted octanol–water partition coefficient (Wildman–Crippen LogP) is 3.37. The summed E-state index contributed by atoms with van der Waals surface area (Å²) in [6.07, 6.45) is 1.50. The van der Waals surface area contributed by atoms with Gasteiger partial charge in [0.2, 0.25) is 5.91 Å². The zero-order chi connectivity index (χ0) is 20.3. The minimum absolute atomic E-state index is 0.123. The molecule has 0 atom stereocenters. The van der Waals surface area contributed by atoms with Gasteiger partial charge in [-0.05, 0) is 60.2 Å². The maximum Gasteiger partial charge on any atom is 0.335 e. The number of nitrogens with zero attached hydrogens (tertiary/aromatic N) is 1. The van der Waals surface area contributed by atoms with Crippen LogP contribution in [0.5, 0.6) is 0 Å². The Bertz CT molecular complexity index is 998. The van der Waals surface area contributed by atoms with Gasteiger partial charge in [-0.15, -0.1) is 0 Å². The molecule has 1 heterocycles. The van der Waals surface area contributed by atoms with Crippen molar-refractivity contribution in [2.75, 3.05) is 11.9 Å². The van der Waals surface area contributed by atoms with Crippen molar-refractivity contribution in [3.05, 3.63) is 70.1 Å². The molecule has 28 heavy (non-hydrogen) atoms. The lowest BCUT2D eigenvalue weighted by atomic mass is 10.1. The Labute approximate surface area is 165 Å². The van der Waals surface area contributed by atoms with Crippen LogP contribution in [-0.4, -0.2) is 39.6 Å². The van der Waals surface area contributed by atoms with Crippen molar-refractivity contribution in [1.29, 1.82) is 0 Å². The van der Waals surface area contributed by atoms with Crippen LogP contribution < -0.4 is 5.32 Å². The van der Waals surface area contributed by atoms with E-state index in [-0.39, 0.29) is 17.0 Å². The molecule has 2 N–H and O–H groups in total. The highest BCUT2D eigenvalue weighted by molar-refractivity contribution is 8.18. The lowest BCUT2D eigenvalue weighted by Gasteiger charge is -2.12. The number of benzene rings is 2. The Kier molecular flexibility index (Phi) is 5.60. The number of anilines is 1. The summed E-state index contributed by atoms with van der Waals surface area (Å²) in [6, 6.07) is 13.1. The van der Waals surface area contributed by atoms with Crippen molar-refractivity contribution in [2.24, 2.45) is 0 Å². The molecule has 0 aromatic heterocycles. The summed E-state index contributed by atoms with van der Waals surface area (Å²) in [7, 11) is 0. The van der Waals surface area contributed by atoms with Gasteiger partial charge in [-0.3, -0.25) is 19.3 Å². The third-order valence-corrected chi connectivity index (χ3v) is 4.84. The Morgan fingerprint density at radius 3 is 2.50 bits per heavy atom. The van der Waals surface area contributed by atoms with Gasteiger partial charge >= 0.3 is 5.97 Å². The Morgan fingerprint density at radius 1 is 1.14 bits per heavy atom. The van der Waals surface area contributed by atoms with Crippen molar-refractivity contribution in [2.45, 2.75) is 6.92 Å². The smallest absolute Gasteiger partial charge is 0.335 e. The second kappa shape index (κ2) is 8.10. The maximum atomic E-state index is 12.5.